The van der Waals surface area contributed by atoms with E-state index in [9.17, 15) is 0 Å². The van der Waals surface area contributed by atoms with Gasteiger partial charge < -0.3 is 16.3 Å². The van der Waals surface area contributed by atoms with E-state index in [1.807, 2.05) is 6.92 Å². The number of nitrogens with two attached hydrogens (primary N) is 1. The van der Waals surface area contributed by atoms with Gasteiger partial charge in [-0.3, -0.25) is 0 Å². The summed E-state index contributed by atoms with van der Waals surface area (Å²) in [6, 6.07) is 4.55. The Bertz CT molecular complexity index is 362. The van der Waals surface area contributed by atoms with E-state index in [1.165, 1.54) is 9.75 Å². The van der Waals surface area contributed by atoms with Crippen LogP contribution in [0.1, 0.15) is 29.6 Å². The minimum Gasteiger partial charge on any atom is -0.409 e. The third kappa shape index (κ3) is 3.50. The Balaban J connectivity index is 2.44. The molecule has 90 valence electrons. The van der Waals surface area contributed by atoms with E-state index in [2.05, 4.69) is 36.5 Å². The second kappa shape index (κ2) is 5.86. The van der Waals surface area contributed by atoms with E-state index in [0.717, 1.165) is 0 Å². The molecule has 0 aliphatic carbocycles. The third-order valence-corrected chi connectivity index (χ3v) is 3.72. The highest BCUT2D eigenvalue weighted by molar-refractivity contribution is 7.12. The van der Waals surface area contributed by atoms with Crippen LogP contribution in [-0.4, -0.2) is 17.6 Å². The standard InChI is InChI=1S/C11H19N3OS/c1-7(11(12)14-15)6-13-9(3)10-5-4-8(2)16-10/h4-5,7,9,13,15H,6H2,1-3H3,(H2,12,14). The van der Waals surface area contributed by atoms with E-state index < -0.39 is 0 Å². The summed E-state index contributed by atoms with van der Waals surface area (Å²) in [5.41, 5.74) is 5.51. The van der Waals surface area contributed by atoms with Gasteiger partial charge in [-0.2, -0.15) is 0 Å². The van der Waals surface area contributed by atoms with Crippen LogP contribution in [0.3, 0.4) is 0 Å². The van der Waals surface area contributed by atoms with Crippen molar-refractivity contribution in [3.63, 3.8) is 0 Å². The normalized spacial score (nSPS) is 16.1. The summed E-state index contributed by atoms with van der Waals surface area (Å²) in [7, 11) is 0. The lowest BCUT2D eigenvalue weighted by Gasteiger charge is -2.15. The second-order valence-corrected chi connectivity index (χ2v) is 5.32. The number of nitrogens with one attached hydrogen (secondary N) is 1. The van der Waals surface area contributed by atoms with Crippen molar-refractivity contribution in [1.29, 1.82) is 0 Å². The quantitative estimate of drug-likeness (QED) is 0.320. The average molecular weight is 241 g/mol. The Morgan fingerprint density at radius 3 is 2.75 bits per heavy atom. The molecule has 1 aromatic rings. The minimum absolute atomic E-state index is 0.0357. The maximum atomic E-state index is 8.53. The molecule has 4 N–H and O–H groups in total. The number of rotatable bonds is 5. The van der Waals surface area contributed by atoms with Crippen molar-refractivity contribution < 1.29 is 5.21 Å². The van der Waals surface area contributed by atoms with Gasteiger partial charge in [-0.1, -0.05) is 12.1 Å². The fourth-order valence-electron chi connectivity index (χ4n) is 1.34. The predicted octanol–water partition coefficient (Wildman–Crippen LogP) is 2.09. The fourth-order valence-corrected chi connectivity index (χ4v) is 2.25. The van der Waals surface area contributed by atoms with Crippen LogP contribution in [-0.2, 0) is 0 Å². The van der Waals surface area contributed by atoms with Crippen LogP contribution in [0, 0.1) is 12.8 Å². The molecule has 0 radical (unpaired) electrons. The molecular formula is C11H19N3OS. The number of aryl methyl sites for hydroxylation is 1. The Morgan fingerprint density at radius 1 is 1.56 bits per heavy atom. The van der Waals surface area contributed by atoms with Crippen molar-refractivity contribution in [1.82, 2.24) is 5.32 Å². The lowest BCUT2D eigenvalue weighted by Crippen LogP contribution is -2.32. The maximum Gasteiger partial charge on any atom is 0.143 e. The number of nitrogens with zero attached hydrogens (tertiary/aromatic N) is 1. The Morgan fingerprint density at radius 2 is 2.25 bits per heavy atom. The van der Waals surface area contributed by atoms with Gasteiger partial charge in [-0.15, -0.1) is 11.3 Å². The summed E-state index contributed by atoms with van der Waals surface area (Å²) in [6.45, 7) is 6.84. The van der Waals surface area contributed by atoms with Crippen molar-refractivity contribution >= 4 is 17.2 Å². The van der Waals surface area contributed by atoms with Gasteiger partial charge in [0.15, 0.2) is 0 Å². The summed E-state index contributed by atoms with van der Waals surface area (Å²) < 4.78 is 0. The zero-order chi connectivity index (χ0) is 12.1. The molecule has 5 heteroatoms. The smallest absolute Gasteiger partial charge is 0.143 e. The van der Waals surface area contributed by atoms with Crippen molar-refractivity contribution in [2.75, 3.05) is 6.54 Å². The molecule has 0 aliphatic rings. The lowest BCUT2D eigenvalue weighted by atomic mass is 10.1. The van der Waals surface area contributed by atoms with Crippen molar-refractivity contribution in [3.05, 3.63) is 21.9 Å². The molecule has 0 amide bonds. The topological polar surface area (TPSA) is 70.6 Å². The van der Waals surface area contributed by atoms with Gasteiger partial charge >= 0.3 is 0 Å². The summed E-state index contributed by atoms with van der Waals surface area (Å²) in [4.78, 5) is 2.62. The van der Waals surface area contributed by atoms with Gasteiger partial charge in [-0.05, 0) is 26.0 Å². The first-order chi connectivity index (χ1) is 7.54. The van der Waals surface area contributed by atoms with Gasteiger partial charge in [0.2, 0.25) is 0 Å². The Labute approximate surface area is 100 Å². The molecule has 2 atom stereocenters. The number of hydrogen-bond acceptors (Lipinski definition) is 4. The highest BCUT2D eigenvalue weighted by atomic mass is 32.1. The molecule has 0 saturated heterocycles. The Hall–Kier alpha value is -1.07. The molecule has 1 rings (SSSR count). The van der Waals surface area contributed by atoms with E-state index in [4.69, 9.17) is 10.9 Å². The zero-order valence-electron chi connectivity index (χ0n) is 9.90. The number of oxime groups is 1. The van der Waals surface area contributed by atoms with Gasteiger partial charge in [0.1, 0.15) is 5.84 Å². The van der Waals surface area contributed by atoms with Crippen LogP contribution in [0.15, 0.2) is 17.3 Å². The highest BCUT2D eigenvalue weighted by Gasteiger charge is 2.11. The number of thiophene rings is 1. The molecule has 1 heterocycles. The SMILES string of the molecule is Cc1ccc(C(C)NCC(C)C(N)=NO)s1. The molecule has 16 heavy (non-hydrogen) atoms. The molecule has 4 nitrogen and oxygen atoms in total. The summed E-state index contributed by atoms with van der Waals surface area (Å²) in [6.07, 6.45) is 0. The number of hydrogen-bond donors (Lipinski definition) is 3. The van der Waals surface area contributed by atoms with Crippen LogP contribution < -0.4 is 11.1 Å². The van der Waals surface area contributed by atoms with Crippen LogP contribution in [0.2, 0.25) is 0 Å². The molecule has 0 spiro atoms. The molecule has 0 bridgehead atoms. The maximum absolute atomic E-state index is 8.53. The minimum atomic E-state index is 0.0357. The lowest BCUT2D eigenvalue weighted by molar-refractivity contribution is 0.313. The highest BCUT2D eigenvalue weighted by Crippen LogP contribution is 2.22. The largest absolute Gasteiger partial charge is 0.409 e. The molecule has 0 fully saturated rings. The fraction of sp³-hybridized carbons (Fsp3) is 0.545. The van der Waals surface area contributed by atoms with Gasteiger partial charge in [0.25, 0.3) is 0 Å². The van der Waals surface area contributed by atoms with Crippen LogP contribution in [0.4, 0.5) is 0 Å². The van der Waals surface area contributed by atoms with Crippen molar-refractivity contribution in [3.8, 4) is 0 Å². The predicted molar refractivity (Wildman–Crippen MR) is 68.0 cm³/mol. The molecule has 2 unspecified atom stereocenters. The molecular weight excluding hydrogens is 222 g/mol. The van der Waals surface area contributed by atoms with E-state index >= 15 is 0 Å². The molecule has 1 aromatic heterocycles. The third-order valence-electron chi connectivity index (χ3n) is 2.54. The zero-order valence-corrected chi connectivity index (χ0v) is 10.7. The monoisotopic (exact) mass is 241 g/mol. The summed E-state index contributed by atoms with van der Waals surface area (Å²) in [5, 5.41) is 14.9. The van der Waals surface area contributed by atoms with Gasteiger partial charge in [0, 0.05) is 28.3 Å². The van der Waals surface area contributed by atoms with Crippen molar-refractivity contribution in [2.45, 2.75) is 26.8 Å². The first kappa shape index (κ1) is 13.0. The van der Waals surface area contributed by atoms with Crippen LogP contribution in [0.25, 0.3) is 0 Å². The molecule has 0 aliphatic heterocycles. The van der Waals surface area contributed by atoms with E-state index in [-0.39, 0.29) is 11.8 Å². The Kier molecular flexibility index (Phi) is 4.76. The van der Waals surface area contributed by atoms with Crippen LogP contribution in [0.5, 0.6) is 0 Å². The average Bonchev–Trinajstić information content (AvgIpc) is 2.71. The molecule has 0 aromatic carbocycles. The first-order valence-electron chi connectivity index (χ1n) is 5.31. The van der Waals surface area contributed by atoms with Crippen molar-refractivity contribution in [2.24, 2.45) is 16.8 Å². The second-order valence-electron chi connectivity index (χ2n) is 4.00. The summed E-state index contributed by atoms with van der Waals surface area (Å²) >= 11 is 1.79. The number of amidine groups is 1. The van der Waals surface area contributed by atoms with Gasteiger partial charge in [0.05, 0.1) is 0 Å². The first-order valence-corrected chi connectivity index (χ1v) is 6.13. The van der Waals surface area contributed by atoms with E-state index in [1.54, 1.807) is 11.3 Å². The molecule has 0 saturated carbocycles. The summed E-state index contributed by atoms with van der Waals surface area (Å²) in [5.74, 6) is 0.301. The van der Waals surface area contributed by atoms with Crippen LogP contribution >= 0.6 is 11.3 Å². The van der Waals surface area contributed by atoms with Gasteiger partial charge in [-0.25, -0.2) is 0 Å². The van der Waals surface area contributed by atoms with E-state index in [0.29, 0.717) is 12.6 Å².